The Balaban J connectivity index is 2.95. The van der Waals surface area contributed by atoms with E-state index in [0.717, 1.165) is 43.9 Å². The summed E-state index contributed by atoms with van der Waals surface area (Å²) in [5, 5.41) is 3.49. The fourth-order valence-electron chi connectivity index (χ4n) is 2.54. The quantitative estimate of drug-likeness (QED) is 0.116. The van der Waals surface area contributed by atoms with Gasteiger partial charge in [-0.15, -0.1) is 0 Å². The third-order valence-electron chi connectivity index (χ3n) is 3.99. The molecule has 1 aromatic rings. The molecule has 0 amide bonds. The zero-order chi connectivity index (χ0) is 19.5. The lowest BCUT2D eigenvalue weighted by atomic mass is 9.96. The van der Waals surface area contributed by atoms with Crippen LogP contribution in [0.3, 0.4) is 0 Å². The first-order valence-corrected chi connectivity index (χ1v) is 8.88. The van der Waals surface area contributed by atoms with Crippen molar-refractivity contribution in [1.82, 2.24) is 0 Å². The van der Waals surface area contributed by atoms with Crippen LogP contribution in [0.5, 0.6) is 0 Å². The monoisotopic (exact) mass is 361 g/mol. The third kappa shape index (κ3) is 6.78. The fraction of sp³-hybridized carbons (Fsp3) is 0.500. The van der Waals surface area contributed by atoms with Gasteiger partial charge in [0.05, 0.1) is 7.11 Å². The lowest BCUT2D eigenvalue weighted by Crippen LogP contribution is -2.26. The van der Waals surface area contributed by atoms with Crippen molar-refractivity contribution in [1.29, 1.82) is 0 Å². The molecule has 0 radical (unpaired) electrons. The highest BCUT2D eigenvalue weighted by Gasteiger charge is 2.24. The average Bonchev–Trinajstić information content (AvgIpc) is 2.61. The number of Topliss-reactive ketones (excluding diaryl/α,β-unsaturated/α-hetero) is 2. The van der Waals surface area contributed by atoms with Crippen molar-refractivity contribution < 1.29 is 24.0 Å². The summed E-state index contributed by atoms with van der Waals surface area (Å²) >= 11 is 0. The van der Waals surface area contributed by atoms with Crippen LogP contribution < -0.4 is 0 Å². The molecule has 0 aromatic heterocycles. The first-order valence-electron chi connectivity index (χ1n) is 8.88. The second-order valence-electron chi connectivity index (χ2n) is 6.22. The second-order valence-corrected chi connectivity index (χ2v) is 6.22. The summed E-state index contributed by atoms with van der Waals surface area (Å²) in [4.78, 5) is 40.9. The zero-order valence-corrected chi connectivity index (χ0v) is 16.0. The minimum absolute atomic E-state index is 0.184. The van der Waals surface area contributed by atoms with Crippen LogP contribution >= 0.6 is 0 Å². The van der Waals surface area contributed by atoms with Crippen LogP contribution in [-0.4, -0.2) is 30.5 Å². The minimum atomic E-state index is -1.08. The third-order valence-corrected chi connectivity index (χ3v) is 3.99. The van der Waals surface area contributed by atoms with Crippen molar-refractivity contribution in [2.75, 3.05) is 7.11 Å². The highest BCUT2D eigenvalue weighted by atomic mass is 16.8. The number of rotatable bonds is 10. The van der Waals surface area contributed by atoms with Crippen LogP contribution in [0.2, 0.25) is 0 Å². The highest BCUT2D eigenvalue weighted by molar-refractivity contribution is 6.69. The van der Waals surface area contributed by atoms with E-state index in [0.29, 0.717) is 12.0 Å². The van der Waals surface area contributed by atoms with Gasteiger partial charge in [-0.2, -0.15) is 0 Å². The van der Waals surface area contributed by atoms with Crippen LogP contribution in [0, 0.1) is 13.8 Å². The molecule has 0 saturated heterocycles. The van der Waals surface area contributed by atoms with Gasteiger partial charge in [0.25, 0.3) is 0 Å². The Morgan fingerprint density at radius 3 is 2.35 bits per heavy atom. The summed E-state index contributed by atoms with van der Waals surface area (Å²) in [6, 6.07) is 5.28. The fourth-order valence-corrected chi connectivity index (χ4v) is 2.54. The van der Waals surface area contributed by atoms with E-state index in [9.17, 15) is 14.4 Å². The number of unbranched alkanes of at least 4 members (excludes halogenated alkanes) is 4. The number of ketones is 2. The molecular formula is C20H27NO5. The lowest BCUT2D eigenvalue weighted by Gasteiger charge is -2.08. The molecule has 0 aliphatic rings. The Morgan fingerprint density at radius 1 is 1.04 bits per heavy atom. The molecule has 1 aromatic carbocycles. The molecule has 0 spiro atoms. The molecule has 1 rings (SSSR count). The molecule has 0 atom stereocenters. The van der Waals surface area contributed by atoms with Gasteiger partial charge in [-0.1, -0.05) is 61.5 Å². The maximum atomic E-state index is 12.8. The average molecular weight is 361 g/mol. The number of oxime groups is 1. The SMILES string of the molecule is CCCCCCCC(=O)C(=NOC(=O)OC)C(=O)c1ccc(C)cc1C. The van der Waals surface area contributed by atoms with E-state index < -0.39 is 17.7 Å². The lowest BCUT2D eigenvalue weighted by molar-refractivity contribution is -0.113. The molecular weight excluding hydrogens is 334 g/mol. The van der Waals surface area contributed by atoms with E-state index in [1.54, 1.807) is 19.1 Å². The van der Waals surface area contributed by atoms with Crippen molar-refractivity contribution in [2.24, 2.45) is 5.16 Å². The molecule has 0 aliphatic carbocycles. The topological polar surface area (TPSA) is 82.0 Å². The van der Waals surface area contributed by atoms with Gasteiger partial charge in [0.2, 0.25) is 5.78 Å². The van der Waals surface area contributed by atoms with Gasteiger partial charge in [0, 0.05) is 12.0 Å². The number of methoxy groups -OCH3 is 1. The first kappa shape index (κ1) is 21.5. The number of ether oxygens (including phenoxy) is 1. The van der Waals surface area contributed by atoms with Crippen molar-refractivity contribution in [3.63, 3.8) is 0 Å². The molecule has 0 heterocycles. The summed E-state index contributed by atoms with van der Waals surface area (Å²) < 4.78 is 4.34. The molecule has 0 unspecified atom stereocenters. The Hall–Kier alpha value is -2.50. The molecule has 0 N–H and O–H groups in total. The zero-order valence-electron chi connectivity index (χ0n) is 16.0. The van der Waals surface area contributed by atoms with Gasteiger partial charge in [-0.25, -0.2) is 4.79 Å². The van der Waals surface area contributed by atoms with E-state index in [4.69, 9.17) is 0 Å². The molecule has 0 saturated carbocycles. The molecule has 0 aliphatic heterocycles. The van der Waals surface area contributed by atoms with Crippen LogP contribution in [0.4, 0.5) is 4.79 Å². The predicted molar refractivity (Wildman–Crippen MR) is 99.6 cm³/mol. The van der Waals surface area contributed by atoms with Gasteiger partial charge in [-0.3, -0.25) is 14.4 Å². The number of benzene rings is 1. The van der Waals surface area contributed by atoms with E-state index in [-0.39, 0.29) is 12.1 Å². The predicted octanol–water partition coefficient (Wildman–Crippen LogP) is 4.55. The Labute approximate surface area is 154 Å². The maximum Gasteiger partial charge on any atom is 0.534 e. The summed E-state index contributed by atoms with van der Waals surface area (Å²) in [5.41, 5.74) is 1.72. The number of hydrogen-bond acceptors (Lipinski definition) is 6. The maximum absolute atomic E-state index is 12.8. The molecule has 6 heteroatoms. The van der Waals surface area contributed by atoms with Crippen molar-refractivity contribution in [3.05, 3.63) is 34.9 Å². The molecule has 6 nitrogen and oxygen atoms in total. The van der Waals surface area contributed by atoms with Crippen molar-refractivity contribution >= 4 is 23.4 Å². The Kier molecular flexibility index (Phi) is 9.26. The standard InChI is InChI=1S/C20H27NO5/c1-5-6-7-8-9-10-17(22)18(21-26-20(24)25-4)19(23)16-12-11-14(2)13-15(16)3/h11-13H,5-10H2,1-4H3. The highest BCUT2D eigenvalue weighted by Crippen LogP contribution is 2.14. The largest absolute Gasteiger partial charge is 0.534 e. The van der Waals surface area contributed by atoms with Gasteiger partial charge in [-0.05, 0) is 25.8 Å². The number of nitrogens with zero attached hydrogens (tertiary/aromatic N) is 1. The molecule has 26 heavy (non-hydrogen) atoms. The number of carbonyl (C=O) groups is 3. The summed E-state index contributed by atoms with van der Waals surface area (Å²) in [6.45, 7) is 5.81. The van der Waals surface area contributed by atoms with Crippen LogP contribution in [0.1, 0.15) is 66.9 Å². The van der Waals surface area contributed by atoms with Gasteiger partial charge in [0.15, 0.2) is 11.5 Å². The Bertz CT molecular complexity index is 679. The molecule has 0 bridgehead atoms. The van der Waals surface area contributed by atoms with Crippen molar-refractivity contribution in [2.45, 2.75) is 59.3 Å². The minimum Gasteiger partial charge on any atom is -0.436 e. The molecule has 142 valence electrons. The van der Waals surface area contributed by atoms with Gasteiger partial charge < -0.3 is 4.74 Å². The van der Waals surface area contributed by atoms with Crippen LogP contribution in [0.25, 0.3) is 0 Å². The number of aryl methyl sites for hydroxylation is 2. The van der Waals surface area contributed by atoms with E-state index in [1.807, 2.05) is 13.0 Å². The number of hydrogen-bond donors (Lipinski definition) is 0. The van der Waals surface area contributed by atoms with Crippen LogP contribution in [-0.2, 0) is 14.4 Å². The van der Waals surface area contributed by atoms with E-state index in [1.165, 1.54) is 0 Å². The summed E-state index contributed by atoms with van der Waals surface area (Å²) in [7, 11) is 1.12. The summed E-state index contributed by atoms with van der Waals surface area (Å²) in [5.74, 6) is -0.986. The van der Waals surface area contributed by atoms with Gasteiger partial charge in [0.1, 0.15) is 0 Å². The number of carbonyl (C=O) groups excluding carboxylic acids is 3. The smallest absolute Gasteiger partial charge is 0.436 e. The van der Waals surface area contributed by atoms with Crippen LogP contribution in [0.15, 0.2) is 23.4 Å². The summed E-state index contributed by atoms with van der Waals surface area (Å²) in [6.07, 6.45) is 3.94. The van der Waals surface area contributed by atoms with Crippen molar-refractivity contribution in [3.8, 4) is 0 Å². The first-order chi connectivity index (χ1) is 12.4. The van der Waals surface area contributed by atoms with E-state index >= 15 is 0 Å². The molecule has 0 fully saturated rings. The normalized spacial score (nSPS) is 11.2. The Morgan fingerprint density at radius 2 is 1.73 bits per heavy atom. The second kappa shape index (κ2) is 11.2. The van der Waals surface area contributed by atoms with E-state index in [2.05, 4.69) is 21.7 Å². The van der Waals surface area contributed by atoms with Gasteiger partial charge >= 0.3 is 6.16 Å².